The second-order valence-corrected chi connectivity index (χ2v) is 3.04. The molecular formula is C7H4ClF3N2O4. The number of H-pyrrole nitrogens is 1. The van der Waals surface area contributed by atoms with Crippen LogP contribution in [0.2, 0.25) is 0 Å². The molecule has 0 spiro atoms. The summed E-state index contributed by atoms with van der Waals surface area (Å²) in [5.74, 6) is -1.45. The van der Waals surface area contributed by atoms with Crippen LogP contribution in [0.15, 0.2) is 10.9 Å². The number of ether oxygens (including phenoxy) is 1. The summed E-state index contributed by atoms with van der Waals surface area (Å²) >= 11 is 5.30. The highest BCUT2D eigenvalue weighted by atomic mass is 35.5. The molecule has 1 rings (SSSR count). The summed E-state index contributed by atoms with van der Waals surface area (Å²) in [6.45, 7) is 0. The molecule has 10 heteroatoms. The van der Waals surface area contributed by atoms with Gasteiger partial charge in [0.25, 0.3) is 0 Å². The summed E-state index contributed by atoms with van der Waals surface area (Å²) in [6, 6.07) is 0.653. The number of nitrogens with one attached hydrogen (secondary N) is 1. The van der Waals surface area contributed by atoms with Crippen LogP contribution in [-0.2, 0) is 5.88 Å². The number of nitrogens with zero attached hydrogens (tertiary/aromatic N) is 1. The summed E-state index contributed by atoms with van der Waals surface area (Å²) in [5, 5.41) is 10.5. The highest BCUT2D eigenvalue weighted by Crippen LogP contribution is 2.24. The maximum absolute atomic E-state index is 11.9. The molecule has 1 N–H and O–H groups in total. The maximum Gasteiger partial charge on any atom is 0.574 e. The smallest absolute Gasteiger partial charge is 0.390 e. The lowest BCUT2D eigenvalue weighted by Crippen LogP contribution is -2.22. The van der Waals surface area contributed by atoms with Gasteiger partial charge in [0.1, 0.15) is 0 Å². The van der Waals surface area contributed by atoms with Gasteiger partial charge in [0.2, 0.25) is 5.88 Å². The molecule has 0 saturated heterocycles. The van der Waals surface area contributed by atoms with E-state index in [0.717, 1.165) is 0 Å². The number of hydrogen-bond donors (Lipinski definition) is 1. The van der Waals surface area contributed by atoms with Crippen LogP contribution in [0.4, 0.5) is 18.9 Å². The van der Waals surface area contributed by atoms with E-state index >= 15 is 0 Å². The molecule has 0 atom stereocenters. The Morgan fingerprint density at radius 2 is 2.12 bits per heavy atom. The molecule has 1 aromatic heterocycles. The molecule has 0 aromatic carbocycles. The first-order valence-electron chi connectivity index (χ1n) is 3.97. The first-order valence-corrected chi connectivity index (χ1v) is 4.50. The normalized spacial score (nSPS) is 11.3. The number of aromatic amines is 1. The van der Waals surface area contributed by atoms with E-state index in [2.05, 4.69) is 4.74 Å². The molecule has 0 saturated carbocycles. The standard InChI is InChI=1S/C7H4ClF3N2O4/c8-2-3-1-4(17-7(9,10)11)12-6(14)5(3)13(15)16/h1H,2H2,(H,12,14). The SMILES string of the molecule is O=c1[nH]c(OC(F)(F)F)cc(CCl)c1[N+](=O)[O-]. The molecular weight excluding hydrogens is 269 g/mol. The number of nitro groups is 1. The van der Waals surface area contributed by atoms with Crippen molar-refractivity contribution in [2.24, 2.45) is 0 Å². The van der Waals surface area contributed by atoms with E-state index in [1.54, 1.807) is 4.98 Å². The summed E-state index contributed by atoms with van der Waals surface area (Å²) in [7, 11) is 0. The van der Waals surface area contributed by atoms with Gasteiger partial charge in [-0.1, -0.05) is 0 Å². The van der Waals surface area contributed by atoms with Crippen LogP contribution in [0.25, 0.3) is 0 Å². The zero-order valence-corrected chi connectivity index (χ0v) is 8.63. The lowest BCUT2D eigenvalue weighted by atomic mass is 10.2. The molecule has 0 radical (unpaired) electrons. The van der Waals surface area contributed by atoms with Crippen molar-refractivity contribution in [2.45, 2.75) is 12.2 Å². The van der Waals surface area contributed by atoms with Gasteiger partial charge in [-0.2, -0.15) is 0 Å². The third-order valence-electron chi connectivity index (χ3n) is 1.61. The van der Waals surface area contributed by atoms with Crippen molar-refractivity contribution < 1.29 is 22.8 Å². The molecule has 1 heterocycles. The highest BCUT2D eigenvalue weighted by Gasteiger charge is 2.32. The molecule has 0 aliphatic carbocycles. The third-order valence-corrected chi connectivity index (χ3v) is 1.90. The number of hydrogen-bond acceptors (Lipinski definition) is 4. The summed E-state index contributed by atoms with van der Waals surface area (Å²) in [4.78, 5) is 22.2. The molecule has 0 amide bonds. The zero-order chi connectivity index (χ0) is 13.2. The van der Waals surface area contributed by atoms with Crippen molar-refractivity contribution >= 4 is 17.3 Å². The largest absolute Gasteiger partial charge is 0.574 e. The first-order chi connectivity index (χ1) is 7.74. The van der Waals surface area contributed by atoms with Crippen LogP contribution < -0.4 is 10.3 Å². The van der Waals surface area contributed by atoms with Gasteiger partial charge >= 0.3 is 17.6 Å². The Bertz CT molecular complexity index is 499. The van der Waals surface area contributed by atoms with Crippen LogP contribution in [0.1, 0.15) is 5.56 Å². The fourth-order valence-electron chi connectivity index (χ4n) is 1.06. The first kappa shape index (κ1) is 13.3. The van der Waals surface area contributed by atoms with Gasteiger partial charge in [-0.05, 0) is 0 Å². The van der Waals surface area contributed by atoms with Crippen molar-refractivity contribution in [2.75, 3.05) is 0 Å². The van der Waals surface area contributed by atoms with Gasteiger partial charge < -0.3 is 4.74 Å². The van der Waals surface area contributed by atoms with Gasteiger partial charge in [0.15, 0.2) is 0 Å². The minimum Gasteiger partial charge on any atom is -0.390 e. The fourth-order valence-corrected chi connectivity index (χ4v) is 1.27. The number of pyridine rings is 1. The molecule has 0 bridgehead atoms. The Kier molecular flexibility index (Phi) is 3.61. The topological polar surface area (TPSA) is 85.2 Å². The Labute approximate surface area is 96.1 Å². The van der Waals surface area contributed by atoms with Gasteiger partial charge in [-0.3, -0.25) is 19.9 Å². The quantitative estimate of drug-likeness (QED) is 0.517. The van der Waals surface area contributed by atoms with Crippen molar-refractivity contribution in [1.29, 1.82) is 0 Å². The van der Waals surface area contributed by atoms with Crippen molar-refractivity contribution in [3.63, 3.8) is 0 Å². The van der Waals surface area contributed by atoms with Gasteiger partial charge in [-0.25, -0.2) is 0 Å². The van der Waals surface area contributed by atoms with E-state index in [1.807, 2.05) is 0 Å². The van der Waals surface area contributed by atoms with E-state index in [9.17, 15) is 28.1 Å². The Hall–Kier alpha value is -1.77. The minimum atomic E-state index is -5.01. The van der Waals surface area contributed by atoms with E-state index in [-0.39, 0.29) is 5.56 Å². The molecule has 0 unspecified atom stereocenters. The average Bonchev–Trinajstić information content (AvgIpc) is 2.12. The van der Waals surface area contributed by atoms with E-state index in [1.165, 1.54) is 0 Å². The van der Waals surface area contributed by atoms with Crippen LogP contribution in [0, 0.1) is 10.1 Å². The molecule has 17 heavy (non-hydrogen) atoms. The lowest BCUT2D eigenvalue weighted by molar-refractivity contribution is -0.387. The van der Waals surface area contributed by atoms with Gasteiger partial charge in [0, 0.05) is 6.07 Å². The number of alkyl halides is 4. The minimum absolute atomic E-state index is 0.361. The van der Waals surface area contributed by atoms with E-state index in [0.29, 0.717) is 6.07 Å². The van der Waals surface area contributed by atoms with Crippen LogP contribution in [0.5, 0.6) is 5.88 Å². The second kappa shape index (κ2) is 4.62. The number of rotatable bonds is 3. The molecule has 0 fully saturated rings. The second-order valence-electron chi connectivity index (χ2n) is 2.78. The predicted octanol–water partition coefficient (Wildman–Crippen LogP) is 1.92. The van der Waals surface area contributed by atoms with Crippen LogP contribution in [-0.4, -0.2) is 16.3 Å². The monoisotopic (exact) mass is 272 g/mol. The van der Waals surface area contributed by atoms with Gasteiger partial charge in [0.05, 0.1) is 16.4 Å². The Balaban J connectivity index is 3.28. The molecule has 0 aliphatic heterocycles. The molecule has 0 aliphatic rings. The lowest BCUT2D eigenvalue weighted by Gasteiger charge is -2.08. The van der Waals surface area contributed by atoms with Crippen molar-refractivity contribution in [1.82, 2.24) is 4.98 Å². The number of halogens is 4. The highest BCUT2D eigenvalue weighted by molar-refractivity contribution is 6.17. The number of aromatic nitrogens is 1. The van der Waals surface area contributed by atoms with E-state index in [4.69, 9.17) is 11.6 Å². The van der Waals surface area contributed by atoms with Crippen LogP contribution in [0.3, 0.4) is 0 Å². The predicted molar refractivity (Wildman–Crippen MR) is 50.0 cm³/mol. The zero-order valence-electron chi connectivity index (χ0n) is 7.88. The van der Waals surface area contributed by atoms with Crippen molar-refractivity contribution in [3.8, 4) is 5.88 Å². The van der Waals surface area contributed by atoms with Crippen molar-refractivity contribution in [3.05, 3.63) is 32.1 Å². The Morgan fingerprint density at radius 3 is 2.53 bits per heavy atom. The maximum atomic E-state index is 11.9. The van der Waals surface area contributed by atoms with Crippen LogP contribution >= 0.6 is 11.6 Å². The average molecular weight is 273 g/mol. The summed E-state index contributed by atoms with van der Waals surface area (Å²) < 4.78 is 39.0. The molecule has 6 nitrogen and oxygen atoms in total. The third kappa shape index (κ3) is 3.34. The van der Waals surface area contributed by atoms with Gasteiger partial charge in [-0.15, -0.1) is 24.8 Å². The summed E-state index contributed by atoms with van der Waals surface area (Å²) in [5.41, 5.74) is -2.58. The molecule has 94 valence electrons. The van der Waals surface area contributed by atoms with E-state index < -0.39 is 34.3 Å². The summed E-state index contributed by atoms with van der Waals surface area (Å²) in [6.07, 6.45) is -5.01. The fraction of sp³-hybridized carbons (Fsp3) is 0.286. The molecule has 1 aromatic rings. The Morgan fingerprint density at radius 1 is 1.53 bits per heavy atom.